The first-order valence-corrected chi connectivity index (χ1v) is 7.33. The van der Waals surface area contributed by atoms with Gasteiger partial charge in [-0.3, -0.25) is 9.59 Å². The number of allylic oxidation sites excluding steroid dienone is 2. The van der Waals surface area contributed by atoms with Crippen molar-refractivity contribution in [3.63, 3.8) is 0 Å². The molecule has 5 heteroatoms. The summed E-state index contributed by atoms with van der Waals surface area (Å²) >= 11 is 3.35. The van der Waals surface area contributed by atoms with Gasteiger partial charge in [-0.1, -0.05) is 34.1 Å². The van der Waals surface area contributed by atoms with Crippen LogP contribution in [0.4, 0.5) is 5.69 Å². The van der Waals surface area contributed by atoms with Crippen molar-refractivity contribution in [2.45, 2.75) is 6.42 Å². The van der Waals surface area contributed by atoms with Crippen LogP contribution in [0.1, 0.15) is 6.42 Å². The number of amides is 1. The van der Waals surface area contributed by atoms with Gasteiger partial charge in [0.15, 0.2) is 0 Å². The van der Waals surface area contributed by atoms with Gasteiger partial charge in [-0.15, -0.1) is 0 Å². The maximum Gasteiger partial charge on any atom is 0.307 e. The molecular weight excluding hydrogens is 322 g/mol. The van der Waals surface area contributed by atoms with E-state index in [9.17, 15) is 14.7 Å². The summed E-state index contributed by atoms with van der Waals surface area (Å²) in [4.78, 5) is 23.8. The lowest BCUT2D eigenvalue weighted by molar-refractivity contribution is -0.146. The number of carboxylic acids is 1. The minimum atomic E-state index is -0.878. The van der Waals surface area contributed by atoms with Crippen LogP contribution in [0.15, 0.2) is 40.9 Å². The molecule has 1 fully saturated rings. The fraction of sp³-hybridized carbons (Fsp3) is 0.333. The lowest BCUT2D eigenvalue weighted by Crippen LogP contribution is -2.36. The number of carbonyl (C=O) groups is 2. The van der Waals surface area contributed by atoms with Gasteiger partial charge >= 0.3 is 5.97 Å². The zero-order valence-corrected chi connectivity index (χ0v) is 12.2. The second-order valence-electron chi connectivity index (χ2n) is 5.34. The molecule has 0 saturated heterocycles. The summed E-state index contributed by atoms with van der Waals surface area (Å²) in [7, 11) is 0. The van der Waals surface area contributed by atoms with E-state index in [1.54, 1.807) is 12.1 Å². The Morgan fingerprint density at radius 1 is 1.20 bits per heavy atom. The number of anilines is 1. The number of carboxylic acid groups (broad SMARTS) is 1. The van der Waals surface area contributed by atoms with Crippen LogP contribution in [0.3, 0.4) is 0 Å². The van der Waals surface area contributed by atoms with E-state index in [0.29, 0.717) is 5.69 Å². The summed E-state index contributed by atoms with van der Waals surface area (Å²) in [5.41, 5.74) is 0.681. The van der Waals surface area contributed by atoms with Crippen molar-refractivity contribution in [1.29, 1.82) is 0 Å². The number of halogens is 1. The van der Waals surface area contributed by atoms with E-state index < -0.39 is 17.8 Å². The Morgan fingerprint density at radius 2 is 1.90 bits per heavy atom. The topological polar surface area (TPSA) is 66.4 Å². The molecule has 3 rings (SSSR count). The minimum absolute atomic E-state index is 0.00393. The fourth-order valence-electron chi connectivity index (χ4n) is 3.31. The Labute approximate surface area is 125 Å². The highest BCUT2D eigenvalue weighted by Crippen LogP contribution is 2.48. The number of rotatable bonds is 3. The number of aliphatic carboxylic acids is 1. The van der Waals surface area contributed by atoms with Gasteiger partial charge < -0.3 is 10.4 Å². The maximum atomic E-state index is 12.4. The molecule has 1 saturated carbocycles. The summed E-state index contributed by atoms with van der Waals surface area (Å²) in [5.74, 6) is -2.11. The molecule has 0 aliphatic heterocycles. The van der Waals surface area contributed by atoms with Crippen LogP contribution in [-0.4, -0.2) is 17.0 Å². The third kappa shape index (κ3) is 2.26. The Balaban J connectivity index is 1.80. The van der Waals surface area contributed by atoms with Crippen LogP contribution in [0.2, 0.25) is 0 Å². The van der Waals surface area contributed by atoms with Crippen LogP contribution in [0.5, 0.6) is 0 Å². The van der Waals surface area contributed by atoms with Gasteiger partial charge in [0.2, 0.25) is 5.91 Å². The SMILES string of the molecule is O=C(Nc1cccc(Br)c1)[C@@H]1[C@H](C(=O)O)[C@@H]2C=C[C@H]1C2. The highest BCUT2D eigenvalue weighted by Gasteiger charge is 2.51. The number of benzene rings is 1. The Kier molecular flexibility index (Phi) is 3.38. The Bertz CT molecular complexity index is 599. The summed E-state index contributed by atoms with van der Waals surface area (Å²) in [6, 6.07) is 7.29. The first kappa shape index (κ1) is 13.4. The van der Waals surface area contributed by atoms with Crippen molar-refractivity contribution >= 4 is 33.5 Å². The molecule has 0 heterocycles. The van der Waals surface area contributed by atoms with E-state index in [-0.39, 0.29) is 17.7 Å². The average Bonchev–Trinajstić information content (AvgIpc) is 2.98. The Morgan fingerprint density at radius 3 is 2.55 bits per heavy atom. The standard InChI is InChI=1S/C15H14BrNO3/c16-10-2-1-3-11(7-10)17-14(18)12-8-4-5-9(6-8)13(12)15(19)20/h1-5,7-9,12-13H,6H2,(H,17,18)(H,19,20)/t8-,9+,12-,13+/m0/s1. The minimum Gasteiger partial charge on any atom is -0.481 e. The molecule has 104 valence electrons. The molecule has 0 spiro atoms. The van der Waals surface area contributed by atoms with Crippen molar-refractivity contribution < 1.29 is 14.7 Å². The van der Waals surface area contributed by atoms with Crippen LogP contribution in [-0.2, 0) is 9.59 Å². The third-order valence-corrected chi connectivity index (χ3v) is 4.63. The number of hydrogen-bond acceptors (Lipinski definition) is 2. The fourth-order valence-corrected chi connectivity index (χ4v) is 3.71. The van der Waals surface area contributed by atoms with E-state index in [1.807, 2.05) is 24.3 Å². The first-order chi connectivity index (χ1) is 9.56. The highest BCUT2D eigenvalue weighted by molar-refractivity contribution is 9.10. The molecule has 20 heavy (non-hydrogen) atoms. The largest absolute Gasteiger partial charge is 0.481 e. The van der Waals surface area contributed by atoms with Crippen molar-refractivity contribution in [1.82, 2.24) is 0 Å². The zero-order chi connectivity index (χ0) is 14.3. The second kappa shape index (κ2) is 5.05. The summed E-state index contributed by atoms with van der Waals surface area (Å²) in [6.45, 7) is 0. The molecular formula is C15H14BrNO3. The molecule has 1 amide bonds. The van der Waals surface area contributed by atoms with Gasteiger partial charge in [0.05, 0.1) is 11.8 Å². The van der Waals surface area contributed by atoms with E-state index in [4.69, 9.17) is 0 Å². The number of hydrogen-bond donors (Lipinski definition) is 2. The van der Waals surface area contributed by atoms with Crippen LogP contribution in [0, 0.1) is 23.7 Å². The normalized spacial score (nSPS) is 30.4. The molecule has 2 aliphatic carbocycles. The summed E-state index contributed by atoms with van der Waals surface area (Å²) in [6.07, 6.45) is 4.69. The quantitative estimate of drug-likeness (QED) is 0.834. The van der Waals surface area contributed by atoms with Crippen LogP contribution < -0.4 is 5.32 Å². The molecule has 0 aromatic heterocycles. The predicted octanol–water partition coefficient (Wildman–Crippen LogP) is 2.91. The van der Waals surface area contributed by atoms with Gasteiger partial charge in [0.25, 0.3) is 0 Å². The molecule has 2 bridgehead atoms. The molecule has 0 radical (unpaired) electrons. The predicted molar refractivity (Wildman–Crippen MR) is 78.1 cm³/mol. The first-order valence-electron chi connectivity index (χ1n) is 6.54. The zero-order valence-electron chi connectivity index (χ0n) is 10.6. The number of nitrogens with one attached hydrogen (secondary N) is 1. The maximum absolute atomic E-state index is 12.4. The molecule has 4 nitrogen and oxygen atoms in total. The lowest BCUT2D eigenvalue weighted by Gasteiger charge is -2.23. The average molecular weight is 336 g/mol. The molecule has 0 unspecified atom stereocenters. The number of fused-ring (bicyclic) bond motifs is 2. The molecule has 1 aromatic rings. The van der Waals surface area contributed by atoms with Crippen molar-refractivity contribution in [3.8, 4) is 0 Å². The monoisotopic (exact) mass is 335 g/mol. The van der Waals surface area contributed by atoms with E-state index in [2.05, 4.69) is 21.2 Å². The van der Waals surface area contributed by atoms with Gasteiger partial charge in [0, 0.05) is 10.2 Å². The van der Waals surface area contributed by atoms with Crippen LogP contribution >= 0.6 is 15.9 Å². The van der Waals surface area contributed by atoms with E-state index in [0.717, 1.165) is 10.9 Å². The van der Waals surface area contributed by atoms with E-state index >= 15 is 0 Å². The smallest absolute Gasteiger partial charge is 0.307 e. The lowest BCUT2D eigenvalue weighted by atomic mass is 9.82. The van der Waals surface area contributed by atoms with Crippen molar-refractivity contribution in [3.05, 3.63) is 40.9 Å². The van der Waals surface area contributed by atoms with Gasteiger partial charge in [-0.2, -0.15) is 0 Å². The summed E-state index contributed by atoms with van der Waals surface area (Å²) < 4.78 is 0.873. The molecule has 1 aromatic carbocycles. The van der Waals surface area contributed by atoms with Crippen molar-refractivity contribution in [2.75, 3.05) is 5.32 Å². The molecule has 2 N–H and O–H groups in total. The van der Waals surface area contributed by atoms with E-state index in [1.165, 1.54) is 0 Å². The highest BCUT2D eigenvalue weighted by atomic mass is 79.9. The Hall–Kier alpha value is -1.62. The van der Waals surface area contributed by atoms with Crippen LogP contribution in [0.25, 0.3) is 0 Å². The summed E-state index contributed by atoms with van der Waals surface area (Å²) in [5, 5.41) is 12.2. The third-order valence-electron chi connectivity index (χ3n) is 4.14. The van der Waals surface area contributed by atoms with Gasteiger partial charge in [-0.25, -0.2) is 0 Å². The van der Waals surface area contributed by atoms with Crippen molar-refractivity contribution in [2.24, 2.45) is 23.7 Å². The van der Waals surface area contributed by atoms with Gasteiger partial charge in [0.1, 0.15) is 0 Å². The number of carbonyl (C=O) groups excluding carboxylic acids is 1. The van der Waals surface area contributed by atoms with Gasteiger partial charge in [-0.05, 0) is 36.5 Å². The second-order valence-corrected chi connectivity index (χ2v) is 6.25. The molecule has 2 aliphatic rings. The molecule has 4 atom stereocenters.